The molecule has 2 N–H and O–H groups in total. The highest BCUT2D eigenvalue weighted by molar-refractivity contribution is 9.10. The number of hydrogen-bond donors (Lipinski definition) is 2. The quantitative estimate of drug-likeness (QED) is 0.699. The Morgan fingerprint density at radius 3 is 2.81 bits per heavy atom. The van der Waals surface area contributed by atoms with E-state index in [0.29, 0.717) is 29.1 Å². The van der Waals surface area contributed by atoms with Gasteiger partial charge in [-0.1, -0.05) is 12.1 Å². The zero-order valence-corrected chi connectivity index (χ0v) is 16.7. The van der Waals surface area contributed by atoms with Gasteiger partial charge in [-0.3, -0.25) is 4.79 Å². The number of nitrogens with one attached hydrogen (secondary N) is 2. The van der Waals surface area contributed by atoms with Crippen LogP contribution in [0.3, 0.4) is 0 Å². The fraction of sp³-hybridized carbons (Fsp3) is 0.316. The minimum atomic E-state index is -0.606. The van der Waals surface area contributed by atoms with E-state index < -0.39 is 6.09 Å². The smallest absolute Gasteiger partial charge is 0.427 e. The minimum absolute atomic E-state index is 0.251. The fourth-order valence-electron chi connectivity index (χ4n) is 3.01. The van der Waals surface area contributed by atoms with E-state index in [9.17, 15) is 9.59 Å². The number of hydrogen-bond acceptors (Lipinski definition) is 5. The van der Waals surface area contributed by atoms with E-state index in [1.54, 1.807) is 13.0 Å². The van der Waals surface area contributed by atoms with E-state index in [2.05, 4.69) is 31.8 Å². The first-order valence-electron chi connectivity index (χ1n) is 8.69. The zero-order chi connectivity index (χ0) is 19.4. The summed E-state index contributed by atoms with van der Waals surface area (Å²) < 4.78 is 11.5. The average Bonchev–Trinajstić information content (AvgIpc) is 3.00. The fourth-order valence-corrected chi connectivity index (χ4v) is 3.40. The summed E-state index contributed by atoms with van der Waals surface area (Å²) in [6, 6.07) is 7.36. The molecule has 8 heteroatoms. The molecular weight excluding hydrogens is 414 g/mol. The Bertz CT molecular complexity index is 904. The summed E-state index contributed by atoms with van der Waals surface area (Å²) in [5, 5.41) is 7.02. The first-order valence-corrected chi connectivity index (χ1v) is 9.48. The number of fused-ring (bicyclic) bond motifs is 1. The molecule has 1 aliphatic carbocycles. The number of carbonyl (C=O) groups excluding carboxylic acids is 2. The normalized spacial score (nSPS) is 14.6. The highest BCUT2D eigenvalue weighted by atomic mass is 79.9. The van der Waals surface area contributed by atoms with Crippen molar-refractivity contribution in [3.8, 4) is 0 Å². The van der Waals surface area contributed by atoms with E-state index in [1.807, 2.05) is 25.1 Å². The van der Waals surface area contributed by atoms with Gasteiger partial charge in [-0.25, -0.2) is 10.2 Å². The largest absolute Gasteiger partial charge is 0.455 e. The molecule has 1 aromatic heterocycles. The van der Waals surface area contributed by atoms with Crippen molar-refractivity contribution in [2.45, 2.75) is 33.1 Å². The van der Waals surface area contributed by atoms with Crippen molar-refractivity contribution < 1.29 is 18.7 Å². The number of para-hydroxylation sites is 1. The molecule has 0 atom stereocenters. The van der Waals surface area contributed by atoms with Gasteiger partial charge in [0.25, 0.3) is 5.91 Å². The highest BCUT2D eigenvalue weighted by Gasteiger charge is 2.28. The number of halogens is 1. The molecule has 0 spiro atoms. The van der Waals surface area contributed by atoms with Crippen LogP contribution in [0.15, 0.2) is 38.3 Å². The maximum absolute atomic E-state index is 12.7. The topological polar surface area (TPSA) is 92.9 Å². The van der Waals surface area contributed by atoms with Crippen molar-refractivity contribution >= 4 is 39.3 Å². The number of furan rings is 1. The zero-order valence-electron chi connectivity index (χ0n) is 15.1. The molecule has 0 fully saturated rings. The number of carbonyl (C=O) groups is 2. The van der Waals surface area contributed by atoms with Gasteiger partial charge >= 0.3 is 6.09 Å². The molecule has 2 amide bonds. The first kappa shape index (κ1) is 19.2. The van der Waals surface area contributed by atoms with E-state index in [4.69, 9.17) is 9.15 Å². The third-order valence-electron chi connectivity index (χ3n) is 4.21. The van der Waals surface area contributed by atoms with Gasteiger partial charge in [0.05, 0.1) is 18.0 Å². The summed E-state index contributed by atoms with van der Waals surface area (Å²) in [7, 11) is 0. The van der Waals surface area contributed by atoms with Crippen molar-refractivity contribution in [2.75, 3.05) is 11.9 Å². The van der Waals surface area contributed by atoms with Gasteiger partial charge in [0.1, 0.15) is 5.76 Å². The number of ether oxygens (including phenoxy) is 1. The van der Waals surface area contributed by atoms with Crippen molar-refractivity contribution in [3.05, 3.63) is 51.4 Å². The number of nitrogens with zero attached hydrogens (tertiary/aromatic N) is 1. The number of hydrazone groups is 1. The van der Waals surface area contributed by atoms with Crippen LogP contribution in [0.5, 0.6) is 0 Å². The van der Waals surface area contributed by atoms with Crippen LogP contribution in [0.1, 0.15) is 47.2 Å². The predicted molar refractivity (Wildman–Crippen MR) is 105 cm³/mol. The van der Waals surface area contributed by atoms with Gasteiger partial charge in [-0.15, -0.1) is 0 Å². The summed E-state index contributed by atoms with van der Waals surface area (Å²) in [5.41, 5.74) is 5.23. The van der Waals surface area contributed by atoms with Crippen molar-refractivity contribution in [1.82, 2.24) is 5.43 Å². The number of rotatable bonds is 4. The second-order valence-electron chi connectivity index (χ2n) is 6.03. The van der Waals surface area contributed by atoms with E-state index in [-0.39, 0.29) is 18.3 Å². The van der Waals surface area contributed by atoms with Crippen LogP contribution < -0.4 is 10.7 Å². The molecule has 1 aliphatic rings. The van der Waals surface area contributed by atoms with Crippen molar-refractivity contribution in [2.24, 2.45) is 5.10 Å². The van der Waals surface area contributed by atoms with Crippen LogP contribution in [0.4, 0.5) is 10.5 Å². The Balaban J connectivity index is 1.86. The molecule has 0 saturated carbocycles. The van der Waals surface area contributed by atoms with Gasteiger partial charge in [0, 0.05) is 22.0 Å². The van der Waals surface area contributed by atoms with Crippen LogP contribution >= 0.6 is 15.9 Å². The third-order valence-corrected chi connectivity index (χ3v) is 4.90. The van der Waals surface area contributed by atoms with Gasteiger partial charge in [-0.05, 0) is 54.8 Å². The van der Waals surface area contributed by atoms with E-state index in [1.165, 1.54) is 0 Å². The molecular formula is C19H20BrN3O4. The molecule has 0 aliphatic heterocycles. The van der Waals surface area contributed by atoms with Crippen LogP contribution in [-0.4, -0.2) is 24.3 Å². The average molecular weight is 434 g/mol. The standard InChI is InChI=1S/C19H20BrN3O4/c1-3-26-19(25)23-22-14-9-6-10-15-16(14)11(2)17(27-15)18(24)21-13-8-5-4-7-12(13)20/h4-5,7-8H,3,6,9-10H2,1-2H3,(H,21,24)(H,23,25)/b22-14+. The summed E-state index contributed by atoms with van der Waals surface area (Å²) in [6.07, 6.45) is 1.63. The molecule has 0 bridgehead atoms. The van der Waals surface area contributed by atoms with E-state index >= 15 is 0 Å². The lowest BCUT2D eigenvalue weighted by Crippen LogP contribution is -2.22. The number of benzene rings is 1. The molecule has 142 valence electrons. The Labute approximate surface area is 165 Å². The Morgan fingerprint density at radius 2 is 2.07 bits per heavy atom. The summed E-state index contributed by atoms with van der Waals surface area (Å²) in [4.78, 5) is 24.2. The molecule has 0 radical (unpaired) electrons. The van der Waals surface area contributed by atoms with Crippen LogP contribution in [0.25, 0.3) is 0 Å². The maximum atomic E-state index is 12.7. The van der Waals surface area contributed by atoms with Crippen molar-refractivity contribution in [3.63, 3.8) is 0 Å². The lowest BCUT2D eigenvalue weighted by atomic mass is 9.93. The number of amides is 2. The van der Waals surface area contributed by atoms with Crippen molar-refractivity contribution in [1.29, 1.82) is 0 Å². The van der Waals surface area contributed by atoms with Crippen LogP contribution in [-0.2, 0) is 11.2 Å². The predicted octanol–water partition coefficient (Wildman–Crippen LogP) is 4.39. The second-order valence-corrected chi connectivity index (χ2v) is 6.89. The van der Waals surface area contributed by atoms with Gasteiger partial charge in [0.15, 0.2) is 5.76 Å². The maximum Gasteiger partial charge on any atom is 0.427 e. The van der Waals surface area contributed by atoms with Gasteiger partial charge in [0.2, 0.25) is 0 Å². The molecule has 2 aromatic rings. The Kier molecular flexibility index (Phi) is 5.95. The van der Waals surface area contributed by atoms with Crippen LogP contribution in [0, 0.1) is 6.92 Å². The molecule has 7 nitrogen and oxygen atoms in total. The molecule has 1 aromatic carbocycles. The molecule has 3 rings (SSSR count). The Morgan fingerprint density at radius 1 is 1.30 bits per heavy atom. The number of anilines is 1. The number of aryl methyl sites for hydroxylation is 1. The molecule has 0 unspecified atom stereocenters. The molecule has 0 saturated heterocycles. The minimum Gasteiger partial charge on any atom is -0.455 e. The highest BCUT2D eigenvalue weighted by Crippen LogP contribution is 2.31. The summed E-state index contributed by atoms with van der Waals surface area (Å²) in [6.45, 7) is 3.82. The summed E-state index contributed by atoms with van der Waals surface area (Å²) in [5.74, 6) is 0.633. The SMILES string of the molecule is CCOC(=O)N/N=C1\CCCc2oc(C(=O)Nc3ccccc3Br)c(C)c21. The third kappa shape index (κ3) is 4.21. The Hall–Kier alpha value is -2.61. The second kappa shape index (κ2) is 8.39. The summed E-state index contributed by atoms with van der Waals surface area (Å²) >= 11 is 3.41. The first-order chi connectivity index (χ1) is 13.0. The lowest BCUT2D eigenvalue weighted by molar-refractivity contribution is 0.0994. The van der Waals surface area contributed by atoms with Gasteiger partial charge in [-0.2, -0.15) is 5.10 Å². The van der Waals surface area contributed by atoms with Crippen LogP contribution in [0.2, 0.25) is 0 Å². The molecule has 1 heterocycles. The molecule has 27 heavy (non-hydrogen) atoms. The monoisotopic (exact) mass is 433 g/mol. The van der Waals surface area contributed by atoms with E-state index in [0.717, 1.165) is 22.9 Å². The lowest BCUT2D eigenvalue weighted by Gasteiger charge is -2.13. The van der Waals surface area contributed by atoms with Gasteiger partial charge < -0.3 is 14.5 Å².